The van der Waals surface area contributed by atoms with Gasteiger partial charge in [0.25, 0.3) is 5.91 Å². The minimum absolute atomic E-state index is 0.201. The summed E-state index contributed by atoms with van der Waals surface area (Å²) in [5.41, 5.74) is 3.35. The van der Waals surface area contributed by atoms with E-state index < -0.39 is 0 Å². The number of aromatic nitrogens is 1. The first-order valence-corrected chi connectivity index (χ1v) is 9.25. The molecule has 4 aromatic rings. The molecule has 1 aromatic heterocycles. The molecule has 0 bridgehead atoms. The molecule has 1 amide bonds. The van der Waals surface area contributed by atoms with E-state index in [4.69, 9.17) is 13.9 Å². The molecule has 0 saturated heterocycles. The minimum Gasteiger partial charge on any atom is -0.497 e. The third kappa shape index (κ3) is 4.06. The van der Waals surface area contributed by atoms with Crippen molar-refractivity contribution in [1.82, 2.24) is 4.98 Å². The number of oxazole rings is 1. The van der Waals surface area contributed by atoms with Gasteiger partial charge >= 0.3 is 0 Å². The Balaban J connectivity index is 1.54. The molecule has 1 heterocycles. The van der Waals surface area contributed by atoms with Crippen molar-refractivity contribution in [1.29, 1.82) is 0 Å². The molecule has 29 heavy (non-hydrogen) atoms. The van der Waals surface area contributed by atoms with Gasteiger partial charge in [-0.3, -0.25) is 4.79 Å². The largest absolute Gasteiger partial charge is 0.497 e. The molecule has 4 rings (SSSR count). The topological polar surface area (TPSA) is 73.6 Å². The highest BCUT2D eigenvalue weighted by Gasteiger charge is 2.11. The Morgan fingerprint density at radius 3 is 2.59 bits per heavy atom. The lowest BCUT2D eigenvalue weighted by atomic mass is 10.1. The zero-order valence-corrected chi connectivity index (χ0v) is 16.1. The number of carbonyl (C=O) groups excluding carboxylic acids is 1. The van der Waals surface area contributed by atoms with Gasteiger partial charge in [-0.25, -0.2) is 4.98 Å². The van der Waals surface area contributed by atoms with Crippen LogP contribution in [-0.2, 0) is 0 Å². The molecule has 6 heteroatoms. The number of fused-ring (bicyclic) bond motifs is 1. The second-order valence-corrected chi connectivity index (χ2v) is 6.34. The third-order valence-corrected chi connectivity index (χ3v) is 4.39. The maximum absolute atomic E-state index is 12.5. The van der Waals surface area contributed by atoms with Crippen molar-refractivity contribution in [3.63, 3.8) is 0 Å². The van der Waals surface area contributed by atoms with Gasteiger partial charge in [0.2, 0.25) is 5.89 Å². The molecule has 0 atom stereocenters. The highest BCUT2D eigenvalue weighted by atomic mass is 16.5. The van der Waals surface area contributed by atoms with Crippen molar-refractivity contribution < 1.29 is 18.7 Å². The van der Waals surface area contributed by atoms with E-state index in [2.05, 4.69) is 10.3 Å². The van der Waals surface area contributed by atoms with Crippen molar-refractivity contribution in [3.8, 4) is 23.0 Å². The Kier molecular flexibility index (Phi) is 5.16. The number of hydrogen-bond donors (Lipinski definition) is 1. The van der Waals surface area contributed by atoms with Crippen LogP contribution in [0.5, 0.6) is 11.5 Å². The second-order valence-electron chi connectivity index (χ2n) is 6.34. The highest BCUT2D eigenvalue weighted by molar-refractivity contribution is 6.04. The second kappa shape index (κ2) is 8.06. The Morgan fingerprint density at radius 2 is 1.83 bits per heavy atom. The van der Waals surface area contributed by atoms with Gasteiger partial charge in [-0.1, -0.05) is 6.07 Å². The van der Waals surface area contributed by atoms with Gasteiger partial charge in [0, 0.05) is 22.9 Å². The van der Waals surface area contributed by atoms with Gasteiger partial charge < -0.3 is 19.2 Å². The SMILES string of the molecule is CCOc1ccc(C(=O)Nc2cccc(-c3nc4cc(OC)ccc4o3)c2)cc1. The smallest absolute Gasteiger partial charge is 0.255 e. The number of amides is 1. The van der Waals surface area contributed by atoms with Crippen LogP contribution in [0.4, 0.5) is 5.69 Å². The molecule has 0 unspecified atom stereocenters. The summed E-state index contributed by atoms with van der Waals surface area (Å²) in [5.74, 6) is 1.73. The summed E-state index contributed by atoms with van der Waals surface area (Å²) in [6.07, 6.45) is 0. The minimum atomic E-state index is -0.201. The number of methoxy groups -OCH3 is 1. The number of ether oxygens (including phenoxy) is 2. The first-order valence-electron chi connectivity index (χ1n) is 9.25. The van der Waals surface area contributed by atoms with E-state index in [1.807, 2.05) is 49.4 Å². The summed E-state index contributed by atoms with van der Waals surface area (Å²) in [6, 6.07) is 19.9. The number of hydrogen-bond acceptors (Lipinski definition) is 5. The molecule has 0 aliphatic rings. The first kappa shape index (κ1) is 18.6. The molecular weight excluding hydrogens is 368 g/mol. The predicted molar refractivity (Wildman–Crippen MR) is 112 cm³/mol. The van der Waals surface area contributed by atoms with Crippen LogP contribution in [0.25, 0.3) is 22.6 Å². The van der Waals surface area contributed by atoms with E-state index in [0.717, 1.165) is 11.3 Å². The first-order chi connectivity index (χ1) is 14.2. The Morgan fingerprint density at radius 1 is 1.03 bits per heavy atom. The van der Waals surface area contributed by atoms with Gasteiger partial charge in [0.05, 0.1) is 13.7 Å². The van der Waals surface area contributed by atoms with Crippen LogP contribution in [0.3, 0.4) is 0 Å². The highest BCUT2D eigenvalue weighted by Crippen LogP contribution is 2.28. The van der Waals surface area contributed by atoms with Crippen LogP contribution in [0.2, 0.25) is 0 Å². The fourth-order valence-corrected chi connectivity index (χ4v) is 2.96. The molecule has 0 fully saturated rings. The lowest BCUT2D eigenvalue weighted by molar-refractivity contribution is 0.102. The number of benzene rings is 3. The van der Waals surface area contributed by atoms with Gasteiger partial charge in [-0.15, -0.1) is 0 Å². The molecular formula is C23H20N2O4. The standard InChI is InChI=1S/C23H20N2O4/c1-3-28-18-9-7-15(8-10-18)22(26)24-17-6-4-5-16(13-17)23-25-20-14-19(27-2)11-12-21(20)29-23/h4-14H,3H2,1-2H3,(H,24,26). The molecule has 0 aliphatic carbocycles. The molecule has 1 N–H and O–H groups in total. The monoisotopic (exact) mass is 388 g/mol. The Bertz CT molecular complexity index is 1150. The van der Waals surface area contributed by atoms with Crippen LogP contribution in [-0.4, -0.2) is 24.6 Å². The summed E-state index contributed by atoms with van der Waals surface area (Å²) >= 11 is 0. The molecule has 3 aromatic carbocycles. The van der Waals surface area contributed by atoms with Crippen LogP contribution >= 0.6 is 0 Å². The van der Waals surface area contributed by atoms with E-state index in [1.165, 1.54) is 0 Å². The van der Waals surface area contributed by atoms with E-state index in [1.54, 1.807) is 31.4 Å². The number of carbonyl (C=O) groups is 1. The predicted octanol–water partition coefficient (Wildman–Crippen LogP) is 5.15. The Hall–Kier alpha value is -3.80. The normalized spacial score (nSPS) is 10.7. The van der Waals surface area contributed by atoms with Gasteiger partial charge in [-0.2, -0.15) is 0 Å². The van der Waals surface area contributed by atoms with Crippen molar-refractivity contribution in [2.75, 3.05) is 19.0 Å². The Labute approximate surface area is 168 Å². The molecule has 0 saturated carbocycles. The maximum atomic E-state index is 12.5. The molecule has 146 valence electrons. The quantitative estimate of drug-likeness (QED) is 0.494. The van der Waals surface area contributed by atoms with Crippen molar-refractivity contribution in [2.45, 2.75) is 6.92 Å². The summed E-state index contributed by atoms with van der Waals surface area (Å²) < 4.78 is 16.5. The summed E-state index contributed by atoms with van der Waals surface area (Å²) in [6.45, 7) is 2.50. The summed E-state index contributed by atoms with van der Waals surface area (Å²) in [7, 11) is 1.61. The van der Waals surface area contributed by atoms with Crippen molar-refractivity contribution >= 4 is 22.7 Å². The zero-order valence-electron chi connectivity index (χ0n) is 16.1. The molecule has 6 nitrogen and oxygen atoms in total. The average Bonchev–Trinajstić information content (AvgIpc) is 3.18. The fraction of sp³-hybridized carbons (Fsp3) is 0.130. The van der Waals surface area contributed by atoms with Gasteiger partial charge in [0.1, 0.15) is 17.0 Å². The van der Waals surface area contributed by atoms with Gasteiger partial charge in [-0.05, 0) is 61.5 Å². The van der Waals surface area contributed by atoms with Crippen molar-refractivity contribution in [3.05, 3.63) is 72.3 Å². The summed E-state index contributed by atoms with van der Waals surface area (Å²) in [4.78, 5) is 17.1. The molecule has 0 aliphatic heterocycles. The van der Waals surface area contributed by atoms with Crippen LogP contribution < -0.4 is 14.8 Å². The van der Waals surface area contributed by atoms with E-state index in [9.17, 15) is 4.79 Å². The van der Waals surface area contributed by atoms with Crippen LogP contribution in [0.1, 0.15) is 17.3 Å². The lowest BCUT2D eigenvalue weighted by Crippen LogP contribution is -2.11. The number of nitrogens with zero attached hydrogens (tertiary/aromatic N) is 1. The lowest BCUT2D eigenvalue weighted by Gasteiger charge is -2.07. The number of rotatable bonds is 6. The number of nitrogens with one attached hydrogen (secondary N) is 1. The number of anilines is 1. The molecule has 0 spiro atoms. The van der Waals surface area contributed by atoms with Crippen LogP contribution in [0.15, 0.2) is 71.1 Å². The van der Waals surface area contributed by atoms with E-state index in [-0.39, 0.29) is 5.91 Å². The van der Waals surface area contributed by atoms with E-state index in [0.29, 0.717) is 40.6 Å². The molecule has 0 radical (unpaired) electrons. The maximum Gasteiger partial charge on any atom is 0.255 e. The van der Waals surface area contributed by atoms with E-state index >= 15 is 0 Å². The van der Waals surface area contributed by atoms with Crippen molar-refractivity contribution in [2.24, 2.45) is 0 Å². The average molecular weight is 388 g/mol. The van der Waals surface area contributed by atoms with Gasteiger partial charge in [0.15, 0.2) is 5.58 Å². The van der Waals surface area contributed by atoms with Crippen LogP contribution in [0, 0.1) is 0 Å². The fourth-order valence-electron chi connectivity index (χ4n) is 2.96. The zero-order chi connectivity index (χ0) is 20.2. The summed E-state index contributed by atoms with van der Waals surface area (Å²) in [5, 5.41) is 2.90. The third-order valence-electron chi connectivity index (χ3n) is 4.39.